The van der Waals surface area contributed by atoms with Crippen LogP contribution in [-0.4, -0.2) is 31.7 Å². The maximum atomic E-state index is 13.4. The van der Waals surface area contributed by atoms with E-state index in [0.29, 0.717) is 27.4 Å². The van der Waals surface area contributed by atoms with Gasteiger partial charge in [-0.05, 0) is 71.4 Å². The Morgan fingerprint density at radius 2 is 1.83 bits per heavy atom. The number of aromatic carboxylic acids is 1. The van der Waals surface area contributed by atoms with Crippen molar-refractivity contribution in [2.45, 2.75) is 39.5 Å². The van der Waals surface area contributed by atoms with Crippen molar-refractivity contribution in [3.63, 3.8) is 0 Å². The molecule has 0 atom stereocenters. The number of carbonyl (C=O) groups is 2. The van der Waals surface area contributed by atoms with Gasteiger partial charge < -0.3 is 10.4 Å². The average molecular weight is 588 g/mol. The van der Waals surface area contributed by atoms with Crippen LogP contribution < -0.4 is 5.32 Å². The summed E-state index contributed by atoms with van der Waals surface area (Å²) in [7, 11) is 0. The number of pyridine rings is 1. The minimum absolute atomic E-state index is 0.0558. The van der Waals surface area contributed by atoms with E-state index in [-0.39, 0.29) is 16.3 Å². The van der Waals surface area contributed by atoms with E-state index in [9.17, 15) is 14.7 Å². The highest BCUT2D eigenvalue weighted by Gasteiger charge is 2.25. The number of carbonyl (C=O) groups excluding carboxylic acids is 1. The van der Waals surface area contributed by atoms with E-state index in [1.807, 2.05) is 0 Å². The van der Waals surface area contributed by atoms with Crippen molar-refractivity contribution in [2.75, 3.05) is 5.32 Å². The fourth-order valence-corrected chi connectivity index (χ4v) is 5.42. The number of carboxylic acid groups (broad SMARTS) is 1. The van der Waals surface area contributed by atoms with E-state index in [1.165, 1.54) is 27.1 Å². The zero-order valence-electron chi connectivity index (χ0n) is 19.7. The predicted octanol–water partition coefficient (Wildman–Crippen LogP) is 6.74. The maximum absolute atomic E-state index is 13.4. The number of anilines is 1. The number of hydrogen-bond donors (Lipinski definition) is 2. The molecule has 4 aromatic rings. The highest BCUT2D eigenvalue weighted by atomic mass is 79.9. The van der Waals surface area contributed by atoms with E-state index in [1.54, 1.807) is 31.3 Å². The lowest BCUT2D eigenvalue weighted by Crippen LogP contribution is -2.19. The molecule has 0 radical (unpaired) electrons. The summed E-state index contributed by atoms with van der Waals surface area (Å²) in [4.78, 5) is 30.4. The van der Waals surface area contributed by atoms with Gasteiger partial charge in [0.2, 0.25) is 0 Å². The van der Waals surface area contributed by atoms with Crippen LogP contribution in [0.15, 0.2) is 53.3 Å². The Balaban J connectivity index is 1.57. The highest BCUT2D eigenvalue weighted by Crippen LogP contribution is 2.31. The predicted molar refractivity (Wildman–Crippen MR) is 146 cm³/mol. The number of thiophene rings is 1. The summed E-state index contributed by atoms with van der Waals surface area (Å²) in [5.74, 6) is -1.31. The van der Waals surface area contributed by atoms with Crippen LogP contribution in [-0.2, 0) is 19.3 Å². The van der Waals surface area contributed by atoms with Crippen LogP contribution >= 0.6 is 38.9 Å². The number of nitrogens with zero attached hydrogens (tertiary/aromatic N) is 3. The molecular formula is C26H24BrClN4O3S. The van der Waals surface area contributed by atoms with Gasteiger partial charge in [0.05, 0.1) is 10.6 Å². The summed E-state index contributed by atoms with van der Waals surface area (Å²) in [6.07, 6.45) is 5.15. The number of halogens is 2. The van der Waals surface area contributed by atoms with Gasteiger partial charge in [-0.3, -0.25) is 4.79 Å². The fourth-order valence-electron chi connectivity index (χ4n) is 3.83. The molecule has 0 aliphatic rings. The van der Waals surface area contributed by atoms with E-state index >= 15 is 0 Å². The Labute approximate surface area is 226 Å². The second-order valence-electron chi connectivity index (χ2n) is 8.27. The van der Waals surface area contributed by atoms with Crippen molar-refractivity contribution in [3.05, 3.63) is 91.1 Å². The van der Waals surface area contributed by atoms with Crippen LogP contribution in [0.3, 0.4) is 0 Å². The molecule has 0 bridgehead atoms. The molecule has 0 aliphatic heterocycles. The van der Waals surface area contributed by atoms with E-state index < -0.39 is 11.9 Å². The number of nitrogens with one attached hydrogen (secondary N) is 1. The van der Waals surface area contributed by atoms with Gasteiger partial charge in [0.1, 0.15) is 15.3 Å². The Hall–Kier alpha value is -3.01. The first-order valence-corrected chi connectivity index (χ1v) is 13.4. The Bertz CT molecular complexity index is 1420. The number of rotatable bonds is 9. The first-order valence-electron chi connectivity index (χ1n) is 11.4. The van der Waals surface area contributed by atoms with Crippen molar-refractivity contribution < 1.29 is 14.7 Å². The van der Waals surface area contributed by atoms with Crippen molar-refractivity contribution in [1.82, 2.24) is 14.8 Å². The van der Waals surface area contributed by atoms with E-state index in [0.717, 1.165) is 24.1 Å². The van der Waals surface area contributed by atoms with Gasteiger partial charge >= 0.3 is 5.97 Å². The Morgan fingerprint density at radius 3 is 2.47 bits per heavy atom. The van der Waals surface area contributed by atoms with E-state index in [2.05, 4.69) is 62.5 Å². The van der Waals surface area contributed by atoms with Gasteiger partial charge in [0.15, 0.2) is 5.82 Å². The van der Waals surface area contributed by atoms with Crippen molar-refractivity contribution in [2.24, 2.45) is 0 Å². The van der Waals surface area contributed by atoms with Gasteiger partial charge in [-0.25, -0.2) is 14.5 Å². The van der Waals surface area contributed by atoms with Gasteiger partial charge in [-0.2, -0.15) is 5.10 Å². The molecule has 0 aliphatic carbocycles. The number of benzene rings is 1. The number of amides is 1. The maximum Gasteiger partial charge on any atom is 0.338 e. The molecule has 0 saturated carbocycles. The molecule has 0 fully saturated rings. The summed E-state index contributed by atoms with van der Waals surface area (Å²) >= 11 is 10.9. The summed E-state index contributed by atoms with van der Waals surface area (Å²) in [6.45, 7) is 3.89. The van der Waals surface area contributed by atoms with Crippen LogP contribution in [0.1, 0.15) is 55.8 Å². The third-order valence-electron chi connectivity index (χ3n) is 5.68. The minimum Gasteiger partial charge on any atom is -0.478 e. The van der Waals surface area contributed by atoms with Crippen molar-refractivity contribution in [1.29, 1.82) is 0 Å². The summed E-state index contributed by atoms with van der Waals surface area (Å²) in [6, 6.07) is 13.5. The molecular weight excluding hydrogens is 564 g/mol. The molecule has 1 amide bonds. The second kappa shape index (κ2) is 11.4. The lowest BCUT2D eigenvalue weighted by molar-refractivity contribution is 0.0698. The van der Waals surface area contributed by atoms with Crippen LogP contribution in [0.2, 0.25) is 5.02 Å². The zero-order valence-corrected chi connectivity index (χ0v) is 22.9. The molecule has 4 rings (SSSR count). The molecule has 3 heterocycles. The first kappa shape index (κ1) is 26.1. The standard InChI is InChI=1S/C26H24BrClN4O3S/c1-3-5-16-7-9-17(10-8-16)11-12-18-14-19(26(34)35)25(36-18)30-24(33)21-15(2)22(27)31-32(21)23-20(28)6-4-13-29-23/h4,6-10,13-14H,3,5,11-12H2,1-2H3,(H,30,33)(H,34,35). The number of aromatic nitrogens is 3. The average Bonchev–Trinajstić information content (AvgIpc) is 3.39. The van der Waals surface area contributed by atoms with Gasteiger partial charge in [0, 0.05) is 16.6 Å². The first-order chi connectivity index (χ1) is 17.3. The SMILES string of the molecule is CCCc1ccc(CCc2cc(C(=O)O)c(NC(=O)c3c(C)c(Br)nn3-c3ncccc3Cl)s2)cc1. The third-order valence-corrected chi connectivity index (χ3v) is 7.84. The van der Waals surface area contributed by atoms with Crippen LogP contribution in [0.4, 0.5) is 5.00 Å². The fraction of sp³-hybridized carbons (Fsp3) is 0.231. The molecule has 0 spiro atoms. The summed E-state index contributed by atoms with van der Waals surface area (Å²) < 4.78 is 1.82. The molecule has 1 aromatic carbocycles. The molecule has 10 heteroatoms. The largest absolute Gasteiger partial charge is 0.478 e. The van der Waals surface area contributed by atoms with Gasteiger partial charge in [-0.15, -0.1) is 11.3 Å². The minimum atomic E-state index is -1.10. The molecule has 3 aromatic heterocycles. The molecule has 36 heavy (non-hydrogen) atoms. The molecule has 186 valence electrons. The quantitative estimate of drug-likeness (QED) is 0.226. The van der Waals surface area contributed by atoms with Crippen molar-refractivity contribution >= 4 is 55.7 Å². The lowest BCUT2D eigenvalue weighted by Gasteiger charge is -2.09. The lowest BCUT2D eigenvalue weighted by atomic mass is 10.0. The van der Waals surface area contributed by atoms with Crippen LogP contribution in [0.5, 0.6) is 0 Å². The number of aryl methyl sites for hydroxylation is 3. The summed E-state index contributed by atoms with van der Waals surface area (Å²) in [5.41, 5.74) is 3.33. The smallest absolute Gasteiger partial charge is 0.338 e. The molecule has 0 saturated heterocycles. The van der Waals surface area contributed by atoms with Crippen molar-refractivity contribution in [3.8, 4) is 5.82 Å². The third kappa shape index (κ3) is 5.69. The molecule has 7 nitrogen and oxygen atoms in total. The van der Waals surface area contributed by atoms with Crippen LogP contribution in [0.25, 0.3) is 5.82 Å². The van der Waals surface area contributed by atoms with Gasteiger partial charge in [-0.1, -0.05) is 49.2 Å². The normalized spacial score (nSPS) is 11.0. The molecule has 2 N–H and O–H groups in total. The second-order valence-corrected chi connectivity index (χ2v) is 10.6. The topological polar surface area (TPSA) is 97.1 Å². The number of carboxylic acids is 1. The van der Waals surface area contributed by atoms with Gasteiger partial charge in [0.25, 0.3) is 5.91 Å². The zero-order chi connectivity index (χ0) is 25.8. The summed E-state index contributed by atoms with van der Waals surface area (Å²) in [5, 5.41) is 17.5. The Kier molecular flexibility index (Phi) is 8.23. The van der Waals surface area contributed by atoms with E-state index in [4.69, 9.17) is 11.6 Å². The molecule has 0 unspecified atom stereocenters. The van der Waals surface area contributed by atoms with Crippen LogP contribution in [0, 0.1) is 6.92 Å². The Morgan fingerprint density at radius 1 is 1.14 bits per heavy atom. The highest BCUT2D eigenvalue weighted by molar-refractivity contribution is 9.10. The number of hydrogen-bond acceptors (Lipinski definition) is 5. The monoisotopic (exact) mass is 586 g/mol.